The standard InChI is InChI=1S/C15H17BrN2O/c1-11(17)14-5-4-13(16)9-15(14)19-8-6-12-3-2-7-18-10-12/h2-5,7,9-11H,6,8,17H2,1H3. The maximum absolute atomic E-state index is 5.94. The van der Waals surface area contributed by atoms with E-state index < -0.39 is 0 Å². The molecule has 2 rings (SSSR count). The Bertz CT molecular complexity index is 529. The van der Waals surface area contributed by atoms with E-state index in [1.165, 1.54) is 5.56 Å². The highest BCUT2D eigenvalue weighted by molar-refractivity contribution is 9.10. The molecule has 4 heteroatoms. The van der Waals surface area contributed by atoms with Crippen molar-refractivity contribution >= 4 is 15.9 Å². The highest BCUT2D eigenvalue weighted by Gasteiger charge is 2.08. The van der Waals surface area contributed by atoms with Crippen molar-refractivity contribution in [3.63, 3.8) is 0 Å². The van der Waals surface area contributed by atoms with Crippen LogP contribution in [-0.4, -0.2) is 11.6 Å². The lowest BCUT2D eigenvalue weighted by atomic mass is 10.1. The summed E-state index contributed by atoms with van der Waals surface area (Å²) in [6.45, 7) is 2.57. The van der Waals surface area contributed by atoms with Gasteiger partial charge in [-0.1, -0.05) is 28.1 Å². The van der Waals surface area contributed by atoms with Crippen molar-refractivity contribution in [2.24, 2.45) is 5.73 Å². The van der Waals surface area contributed by atoms with Crippen molar-refractivity contribution in [3.8, 4) is 5.75 Å². The number of nitrogens with two attached hydrogens (primary N) is 1. The molecule has 0 fully saturated rings. The summed E-state index contributed by atoms with van der Waals surface area (Å²) >= 11 is 3.45. The van der Waals surface area contributed by atoms with Crippen molar-refractivity contribution < 1.29 is 4.74 Å². The van der Waals surface area contributed by atoms with Crippen LogP contribution in [0.3, 0.4) is 0 Å². The Kier molecular flexibility index (Phi) is 4.93. The zero-order valence-electron chi connectivity index (χ0n) is 10.8. The van der Waals surface area contributed by atoms with Crippen molar-refractivity contribution in [1.29, 1.82) is 0 Å². The number of pyridine rings is 1. The van der Waals surface area contributed by atoms with Crippen molar-refractivity contribution in [3.05, 3.63) is 58.3 Å². The zero-order valence-corrected chi connectivity index (χ0v) is 12.4. The van der Waals surface area contributed by atoms with Crippen molar-refractivity contribution in [2.45, 2.75) is 19.4 Å². The Balaban J connectivity index is 2.01. The number of rotatable bonds is 5. The molecule has 19 heavy (non-hydrogen) atoms. The summed E-state index contributed by atoms with van der Waals surface area (Å²) < 4.78 is 6.84. The minimum Gasteiger partial charge on any atom is -0.493 e. The quantitative estimate of drug-likeness (QED) is 0.917. The molecule has 0 aliphatic rings. The monoisotopic (exact) mass is 320 g/mol. The molecule has 0 bridgehead atoms. The maximum Gasteiger partial charge on any atom is 0.125 e. The van der Waals surface area contributed by atoms with E-state index in [1.807, 2.05) is 43.5 Å². The normalized spacial score (nSPS) is 12.2. The number of benzene rings is 1. The summed E-state index contributed by atoms with van der Waals surface area (Å²) in [5, 5.41) is 0. The smallest absolute Gasteiger partial charge is 0.125 e. The molecule has 0 aliphatic carbocycles. The van der Waals surface area contributed by atoms with E-state index in [1.54, 1.807) is 6.20 Å². The van der Waals surface area contributed by atoms with E-state index in [2.05, 4.69) is 20.9 Å². The van der Waals surface area contributed by atoms with Gasteiger partial charge in [-0.25, -0.2) is 0 Å². The van der Waals surface area contributed by atoms with Gasteiger partial charge < -0.3 is 10.5 Å². The molecular weight excluding hydrogens is 304 g/mol. The Hall–Kier alpha value is -1.39. The molecule has 0 saturated carbocycles. The topological polar surface area (TPSA) is 48.1 Å². The predicted molar refractivity (Wildman–Crippen MR) is 80.2 cm³/mol. The second-order valence-corrected chi connectivity index (χ2v) is 5.35. The molecule has 1 unspecified atom stereocenters. The van der Waals surface area contributed by atoms with Crippen LogP contribution < -0.4 is 10.5 Å². The molecule has 3 nitrogen and oxygen atoms in total. The number of hydrogen-bond acceptors (Lipinski definition) is 3. The van der Waals surface area contributed by atoms with Gasteiger partial charge in [0, 0.05) is 34.9 Å². The summed E-state index contributed by atoms with van der Waals surface area (Å²) in [6, 6.07) is 9.87. The molecule has 1 aromatic heterocycles. The van der Waals surface area contributed by atoms with E-state index in [4.69, 9.17) is 10.5 Å². The van der Waals surface area contributed by atoms with Crippen LogP contribution in [0.2, 0.25) is 0 Å². The fraction of sp³-hybridized carbons (Fsp3) is 0.267. The molecule has 1 aromatic carbocycles. The average molecular weight is 321 g/mol. The maximum atomic E-state index is 5.94. The summed E-state index contributed by atoms with van der Waals surface area (Å²) in [5.41, 5.74) is 8.13. The Morgan fingerprint density at radius 2 is 2.21 bits per heavy atom. The van der Waals surface area contributed by atoms with Crippen molar-refractivity contribution in [2.75, 3.05) is 6.61 Å². The van der Waals surface area contributed by atoms with Crippen molar-refractivity contribution in [1.82, 2.24) is 4.98 Å². The molecule has 0 aliphatic heterocycles. The van der Waals surface area contributed by atoms with Gasteiger partial charge in [-0.3, -0.25) is 4.98 Å². The first kappa shape index (κ1) is 14.0. The molecule has 0 spiro atoms. The molecule has 100 valence electrons. The highest BCUT2D eigenvalue weighted by atomic mass is 79.9. The van der Waals surface area contributed by atoms with Gasteiger partial charge in [-0.15, -0.1) is 0 Å². The number of aromatic nitrogens is 1. The third-order valence-corrected chi connectivity index (χ3v) is 3.33. The van der Waals surface area contributed by atoms with Crippen LogP contribution in [0.5, 0.6) is 5.75 Å². The van der Waals surface area contributed by atoms with Gasteiger partial charge >= 0.3 is 0 Å². The fourth-order valence-electron chi connectivity index (χ4n) is 1.83. The first-order valence-corrected chi connectivity index (χ1v) is 7.03. The lowest BCUT2D eigenvalue weighted by Crippen LogP contribution is -2.09. The molecular formula is C15H17BrN2O. The highest BCUT2D eigenvalue weighted by Crippen LogP contribution is 2.27. The van der Waals surface area contributed by atoms with Gasteiger partial charge in [0.05, 0.1) is 6.61 Å². The molecule has 1 heterocycles. The Morgan fingerprint density at radius 1 is 1.37 bits per heavy atom. The largest absolute Gasteiger partial charge is 0.493 e. The Labute approximate surface area is 121 Å². The van der Waals surface area contributed by atoms with E-state index in [0.29, 0.717) is 6.61 Å². The first-order chi connectivity index (χ1) is 9.16. The number of ether oxygens (including phenoxy) is 1. The molecule has 0 saturated heterocycles. The van der Waals surface area contributed by atoms with Gasteiger partial charge in [-0.05, 0) is 30.7 Å². The van der Waals surface area contributed by atoms with Gasteiger partial charge in [-0.2, -0.15) is 0 Å². The van der Waals surface area contributed by atoms with E-state index in [0.717, 1.165) is 22.2 Å². The molecule has 0 radical (unpaired) electrons. The summed E-state index contributed by atoms with van der Waals surface area (Å²) in [7, 11) is 0. The molecule has 2 N–H and O–H groups in total. The minimum atomic E-state index is -0.0403. The lowest BCUT2D eigenvalue weighted by molar-refractivity contribution is 0.317. The van der Waals surface area contributed by atoms with Crippen LogP contribution in [0.15, 0.2) is 47.2 Å². The van der Waals surface area contributed by atoms with Crippen LogP contribution >= 0.6 is 15.9 Å². The van der Waals surface area contributed by atoms with Gasteiger partial charge in [0.25, 0.3) is 0 Å². The number of halogens is 1. The molecule has 1 atom stereocenters. The van der Waals surface area contributed by atoms with E-state index in [-0.39, 0.29) is 6.04 Å². The van der Waals surface area contributed by atoms with Crippen LogP contribution in [0.1, 0.15) is 24.1 Å². The predicted octanol–water partition coefficient (Wildman–Crippen LogP) is 3.49. The minimum absolute atomic E-state index is 0.0403. The molecule has 0 amide bonds. The van der Waals surface area contributed by atoms with Gasteiger partial charge in [0.1, 0.15) is 5.75 Å². The van der Waals surface area contributed by atoms with Crippen LogP contribution in [0, 0.1) is 0 Å². The van der Waals surface area contributed by atoms with Gasteiger partial charge in [0.2, 0.25) is 0 Å². The summed E-state index contributed by atoms with van der Waals surface area (Å²) in [5.74, 6) is 0.841. The Morgan fingerprint density at radius 3 is 2.89 bits per heavy atom. The average Bonchev–Trinajstić information content (AvgIpc) is 2.39. The molecule has 2 aromatic rings. The summed E-state index contributed by atoms with van der Waals surface area (Å²) in [4.78, 5) is 4.09. The fourth-order valence-corrected chi connectivity index (χ4v) is 2.17. The zero-order chi connectivity index (χ0) is 13.7. The first-order valence-electron chi connectivity index (χ1n) is 6.23. The summed E-state index contributed by atoms with van der Waals surface area (Å²) in [6.07, 6.45) is 4.46. The second-order valence-electron chi connectivity index (χ2n) is 4.43. The SMILES string of the molecule is CC(N)c1ccc(Br)cc1OCCc1cccnc1. The lowest BCUT2D eigenvalue weighted by Gasteiger charge is -2.14. The van der Waals surface area contributed by atoms with Crippen LogP contribution in [0.4, 0.5) is 0 Å². The van der Waals surface area contributed by atoms with Gasteiger partial charge in [0.15, 0.2) is 0 Å². The third kappa shape index (κ3) is 4.04. The third-order valence-electron chi connectivity index (χ3n) is 2.84. The van der Waals surface area contributed by atoms with Crippen LogP contribution in [-0.2, 0) is 6.42 Å². The number of hydrogen-bond donors (Lipinski definition) is 1. The number of nitrogens with zero attached hydrogens (tertiary/aromatic N) is 1. The van der Waals surface area contributed by atoms with E-state index >= 15 is 0 Å². The van der Waals surface area contributed by atoms with Crippen LogP contribution in [0.25, 0.3) is 0 Å². The van der Waals surface area contributed by atoms with E-state index in [9.17, 15) is 0 Å². The second kappa shape index (κ2) is 6.68.